The molecule has 0 saturated carbocycles. The number of pyridine rings is 1. The fraction of sp³-hybridized carbons (Fsp3) is 0.517. The number of nitrogens with zero attached hydrogens (tertiary/aromatic N) is 5. The molecule has 3 aromatic rings. The van der Waals surface area contributed by atoms with E-state index >= 15 is 0 Å². The van der Waals surface area contributed by atoms with Crippen LogP contribution in [-0.2, 0) is 13.0 Å². The molecule has 0 N–H and O–H groups in total. The smallest absolute Gasteiger partial charge is 0.160 e. The summed E-state index contributed by atoms with van der Waals surface area (Å²) in [6.07, 6.45) is 8.07. The van der Waals surface area contributed by atoms with Crippen LogP contribution in [0, 0.1) is 13.8 Å². The molecule has 1 aliphatic heterocycles. The van der Waals surface area contributed by atoms with Crippen molar-refractivity contribution in [3.63, 3.8) is 0 Å². The number of piperidine rings is 1. The van der Waals surface area contributed by atoms with Gasteiger partial charge >= 0.3 is 0 Å². The molecule has 1 saturated heterocycles. The molecule has 182 valence electrons. The van der Waals surface area contributed by atoms with E-state index in [0.717, 1.165) is 48.2 Å². The Labute approximate surface area is 205 Å². The van der Waals surface area contributed by atoms with Crippen molar-refractivity contribution in [1.29, 1.82) is 0 Å². The first-order valence-corrected chi connectivity index (χ1v) is 13.1. The summed E-state index contributed by atoms with van der Waals surface area (Å²) in [5, 5.41) is 0. The van der Waals surface area contributed by atoms with E-state index in [4.69, 9.17) is 9.97 Å². The van der Waals surface area contributed by atoms with Gasteiger partial charge in [0, 0.05) is 24.7 Å². The van der Waals surface area contributed by atoms with E-state index in [9.17, 15) is 0 Å². The summed E-state index contributed by atoms with van der Waals surface area (Å²) in [6, 6.07) is 11.8. The second-order valence-corrected chi connectivity index (χ2v) is 9.62. The number of hydrogen-bond acceptors (Lipinski definition) is 4. The van der Waals surface area contributed by atoms with Gasteiger partial charge < -0.3 is 9.47 Å². The lowest BCUT2D eigenvalue weighted by atomic mass is 10.0. The van der Waals surface area contributed by atoms with Gasteiger partial charge in [-0.3, -0.25) is 4.90 Å². The third-order valence-electron chi connectivity index (χ3n) is 7.30. The quantitative estimate of drug-likeness (QED) is 0.425. The molecule has 34 heavy (non-hydrogen) atoms. The second kappa shape index (κ2) is 11.3. The molecule has 0 spiro atoms. The van der Waals surface area contributed by atoms with E-state index in [1.165, 1.54) is 55.7 Å². The van der Waals surface area contributed by atoms with Crippen LogP contribution in [0.15, 0.2) is 36.4 Å². The van der Waals surface area contributed by atoms with Gasteiger partial charge in [0.05, 0.1) is 6.54 Å². The zero-order chi connectivity index (χ0) is 24.1. The largest absolute Gasteiger partial charge is 0.308 e. The molecule has 5 heteroatoms. The van der Waals surface area contributed by atoms with E-state index in [1.54, 1.807) is 0 Å². The molecule has 0 unspecified atom stereocenters. The zero-order valence-electron chi connectivity index (χ0n) is 21.7. The molecule has 1 aliphatic rings. The van der Waals surface area contributed by atoms with Gasteiger partial charge in [0.25, 0.3) is 0 Å². The summed E-state index contributed by atoms with van der Waals surface area (Å²) in [7, 11) is 0. The Bertz CT molecular complexity index is 1100. The van der Waals surface area contributed by atoms with Gasteiger partial charge in [-0.2, -0.15) is 0 Å². The molecular weight excluding hydrogens is 418 g/mol. The van der Waals surface area contributed by atoms with Crippen LogP contribution in [0.2, 0.25) is 0 Å². The van der Waals surface area contributed by atoms with E-state index < -0.39 is 0 Å². The lowest BCUT2D eigenvalue weighted by Crippen LogP contribution is -2.44. The van der Waals surface area contributed by atoms with Gasteiger partial charge in [0.1, 0.15) is 11.3 Å². The molecule has 0 atom stereocenters. The Morgan fingerprint density at radius 2 is 1.71 bits per heavy atom. The molecular formula is C29H41N5. The van der Waals surface area contributed by atoms with Crippen LogP contribution in [0.25, 0.3) is 17.2 Å². The van der Waals surface area contributed by atoms with Gasteiger partial charge in [-0.15, -0.1) is 0 Å². The third kappa shape index (κ3) is 5.59. The number of aromatic nitrogens is 3. The number of rotatable bonds is 9. The van der Waals surface area contributed by atoms with Crippen molar-refractivity contribution in [2.75, 3.05) is 32.7 Å². The van der Waals surface area contributed by atoms with Crippen molar-refractivity contribution in [2.24, 2.45) is 0 Å². The van der Waals surface area contributed by atoms with Gasteiger partial charge in [-0.1, -0.05) is 57.2 Å². The molecule has 4 rings (SSSR count). The summed E-state index contributed by atoms with van der Waals surface area (Å²) in [6.45, 7) is 17.5. The lowest BCUT2D eigenvalue weighted by Gasteiger charge is -2.37. The Hall–Kier alpha value is -2.50. The average molecular weight is 460 g/mol. The first-order valence-electron chi connectivity index (χ1n) is 13.1. The molecule has 0 amide bonds. The molecule has 1 aromatic carbocycles. The van der Waals surface area contributed by atoms with Gasteiger partial charge in [-0.25, -0.2) is 9.97 Å². The Morgan fingerprint density at radius 3 is 2.35 bits per heavy atom. The Balaban J connectivity index is 1.36. The number of hydrogen-bond donors (Lipinski definition) is 0. The molecule has 1 fully saturated rings. The maximum atomic E-state index is 4.88. The van der Waals surface area contributed by atoms with Gasteiger partial charge in [-0.05, 0) is 75.6 Å². The maximum absolute atomic E-state index is 4.88. The number of aryl methyl sites for hydroxylation is 3. The third-order valence-corrected chi connectivity index (χ3v) is 7.30. The number of imidazole rings is 1. The minimum absolute atomic E-state index is 0.770. The summed E-state index contributed by atoms with van der Waals surface area (Å²) < 4.78 is 2.28. The molecule has 0 aliphatic carbocycles. The summed E-state index contributed by atoms with van der Waals surface area (Å²) in [5.41, 5.74) is 6.83. The molecule has 0 bridgehead atoms. The molecule has 0 radical (unpaired) electrons. The highest BCUT2D eigenvalue weighted by molar-refractivity contribution is 5.76. The van der Waals surface area contributed by atoms with Crippen LogP contribution in [-0.4, -0.2) is 63.1 Å². The monoisotopic (exact) mass is 459 g/mol. The first kappa shape index (κ1) is 24.6. The van der Waals surface area contributed by atoms with Crippen molar-refractivity contribution in [3.8, 4) is 0 Å². The van der Waals surface area contributed by atoms with Crippen molar-refractivity contribution >= 4 is 17.2 Å². The number of likely N-dealkylation sites (tertiary alicyclic amines) is 1. The van der Waals surface area contributed by atoms with Gasteiger partial charge in [0.15, 0.2) is 5.65 Å². The summed E-state index contributed by atoms with van der Waals surface area (Å²) in [5.74, 6) is 1.10. The fourth-order valence-electron chi connectivity index (χ4n) is 5.35. The van der Waals surface area contributed by atoms with E-state index in [2.05, 4.69) is 91.5 Å². The second-order valence-electron chi connectivity index (χ2n) is 9.62. The first-order chi connectivity index (χ1) is 16.5. The SMILES string of the molecule is CCc1nc2c(C)cc(C)nc2n1Cc1ccc(C=CCN2CCC(N(CC)CC)CC2)cc1. The minimum atomic E-state index is 0.770. The fourth-order valence-corrected chi connectivity index (χ4v) is 5.35. The van der Waals surface area contributed by atoms with Crippen LogP contribution in [0.3, 0.4) is 0 Å². The van der Waals surface area contributed by atoms with Crippen molar-refractivity contribution in [2.45, 2.75) is 66.5 Å². The van der Waals surface area contributed by atoms with E-state index in [1.807, 2.05) is 0 Å². The van der Waals surface area contributed by atoms with Crippen molar-refractivity contribution in [3.05, 3.63) is 64.6 Å². The maximum Gasteiger partial charge on any atom is 0.160 e. The Kier molecular flexibility index (Phi) is 8.17. The predicted molar refractivity (Wildman–Crippen MR) is 143 cm³/mol. The lowest BCUT2D eigenvalue weighted by molar-refractivity contribution is 0.123. The van der Waals surface area contributed by atoms with Crippen LogP contribution in [0.1, 0.15) is 61.8 Å². The van der Waals surface area contributed by atoms with Crippen LogP contribution in [0.5, 0.6) is 0 Å². The zero-order valence-corrected chi connectivity index (χ0v) is 21.7. The minimum Gasteiger partial charge on any atom is -0.308 e. The highest BCUT2D eigenvalue weighted by Gasteiger charge is 2.22. The molecule has 2 aromatic heterocycles. The molecule has 5 nitrogen and oxygen atoms in total. The highest BCUT2D eigenvalue weighted by atomic mass is 15.2. The van der Waals surface area contributed by atoms with Crippen molar-refractivity contribution < 1.29 is 0 Å². The van der Waals surface area contributed by atoms with Crippen molar-refractivity contribution in [1.82, 2.24) is 24.3 Å². The average Bonchev–Trinajstić information content (AvgIpc) is 3.19. The molecule has 3 heterocycles. The number of fused-ring (bicyclic) bond motifs is 1. The summed E-state index contributed by atoms with van der Waals surface area (Å²) >= 11 is 0. The van der Waals surface area contributed by atoms with Crippen LogP contribution < -0.4 is 0 Å². The Morgan fingerprint density at radius 1 is 1.00 bits per heavy atom. The highest BCUT2D eigenvalue weighted by Crippen LogP contribution is 2.21. The van der Waals surface area contributed by atoms with Crippen LogP contribution >= 0.6 is 0 Å². The number of benzene rings is 1. The van der Waals surface area contributed by atoms with Gasteiger partial charge in [0.2, 0.25) is 0 Å². The van der Waals surface area contributed by atoms with E-state index in [-0.39, 0.29) is 0 Å². The van der Waals surface area contributed by atoms with Crippen LogP contribution in [0.4, 0.5) is 0 Å². The summed E-state index contributed by atoms with van der Waals surface area (Å²) in [4.78, 5) is 14.9. The predicted octanol–water partition coefficient (Wildman–Crippen LogP) is 5.48. The topological polar surface area (TPSA) is 37.2 Å². The van der Waals surface area contributed by atoms with E-state index in [0.29, 0.717) is 0 Å². The standard InChI is InChI=1S/C29H41N5/c1-6-27-31-28-22(4)20-23(5)30-29(28)34(27)21-25-13-11-24(12-14-25)10-9-17-32-18-15-26(16-19-32)33(7-2)8-3/h9-14,20,26H,6-8,15-19,21H2,1-5H3. The normalized spacial score (nSPS) is 15.8.